The summed E-state index contributed by atoms with van der Waals surface area (Å²) in [6.07, 6.45) is 1.68. The minimum absolute atomic E-state index is 0.179. The van der Waals surface area contributed by atoms with Crippen LogP contribution in [0.3, 0.4) is 0 Å². The number of anilines is 1. The van der Waals surface area contributed by atoms with E-state index >= 15 is 0 Å². The van der Waals surface area contributed by atoms with Gasteiger partial charge in [0.15, 0.2) is 5.69 Å². The number of aromatic amines is 1. The van der Waals surface area contributed by atoms with E-state index in [1.165, 1.54) is 13.2 Å². The van der Waals surface area contributed by atoms with E-state index in [4.69, 9.17) is 10.5 Å². The molecular formula is C28H23BrN4O4. The maximum absolute atomic E-state index is 12.1. The number of carbonyl (C=O) groups excluding carboxylic acids is 1. The Morgan fingerprint density at radius 2 is 1.95 bits per heavy atom. The van der Waals surface area contributed by atoms with Crippen LogP contribution in [0.15, 0.2) is 65.3 Å². The number of methoxy groups -OCH3 is 1. The summed E-state index contributed by atoms with van der Waals surface area (Å²) in [5.41, 5.74) is 11.6. The summed E-state index contributed by atoms with van der Waals surface area (Å²) >= 11 is 3.50. The summed E-state index contributed by atoms with van der Waals surface area (Å²) in [4.78, 5) is 31.6. The van der Waals surface area contributed by atoms with E-state index in [1.54, 1.807) is 18.3 Å². The van der Waals surface area contributed by atoms with Crippen LogP contribution in [0.4, 0.5) is 5.69 Å². The zero-order chi connectivity index (χ0) is 26.3. The number of H-pyrrole nitrogens is 1. The number of amides is 1. The molecule has 8 nitrogen and oxygen atoms in total. The van der Waals surface area contributed by atoms with Crippen molar-refractivity contribution in [2.75, 3.05) is 12.4 Å². The molecule has 3 aromatic carbocycles. The van der Waals surface area contributed by atoms with Gasteiger partial charge in [-0.25, -0.2) is 9.78 Å². The highest BCUT2D eigenvalue weighted by Crippen LogP contribution is 2.39. The quantitative estimate of drug-likeness (QED) is 0.197. The number of aromatic carboxylic acids is 1. The number of nitrogens with two attached hydrogens (primary N) is 1. The fourth-order valence-corrected chi connectivity index (χ4v) is 4.98. The largest absolute Gasteiger partial charge is 0.497 e. The maximum atomic E-state index is 12.1. The van der Waals surface area contributed by atoms with Crippen LogP contribution in [0.25, 0.3) is 32.9 Å². The van der Waals surface area contributed by atoms with E-state index in [-0.39, 0.29) is 11.3 Å². The van der Waals surface area contributed by atoms with Crippen molar-refractivity contribution in [3.05, 3.63) is 87.7 Å². The minimum atomic E-state index is -1.02. The van der Waals surface area contributed by atoms with Gasteiger partial charge < -0.3 is 25.9 Å². The number of hydrogen-bond acceptors (Lipinski definition) is 5. The van der Waals surface area contributed by atoms with Crippen molar-refractivity contribution in [2.45, 2.75) is 13.5 Å². The Morgan fingerprint density at radius 1 is 1.14 bits per heavy atom. The summed E-state index contributed by atoms with van der Waals surface area (Å²) in [6.45, 7) is 2.30. The molecule has 0 unspecified atom stereocenters. The first-order valence-electron chi connectivity index (χ1n) is 11.4. The second kappa shape index (κ2) is 9.59. The topological polar surface area (TPSA) is 130 Å². The number of pyridine rings is 1. The zero-order valence-corrected chi connectivity index (χ0v) is 21.6. The lowest BCUT2D eigenvalue weighted by molar-refractivity contribution is 0.0695. The molecule has 9 heteroatoms. The van der Waals surface area contributed by atoms with Crippen LogP contribution in [0, 0.1) is 6.92 Å². The van der Waals surface area contributed by atoms with E-state index in [2.05, 4.69) is 31.2 Å². The van der Waals surface area contributed by atoms with Gasteiger partial charge in [-0.05, 0) is 53.9 Å². The molecule has 0 spiro atoms. The number of ether oxygens (including phenoxy) is 1. The van der Waals surface area contributed by atoms with Crippen molar-refractivity contribution in [3.8, 4) is 16.9 Å². The number of carbonyl (C=O) groups is 2. The van der Waals surface area contributed by atoms with Crippen molar-refractivity contribution < 1.29 is 19.4 Å². The maximum Gasteiger partial charge on any atom is 0.336 e. The zero-order valence-electron chi connectivity index (χ0n) is 20.1. The molecule has 0 fully saturated rings. The van der Waals surface area contributed by atoms with Crippen molar-refractivity contribution in [3.63, 3.8) is 0 Å². The van der Waals surface area contributed by atoms with E-state index in [9.17, 15) is 14.7 Å². The number of aromatic nitrogens is 2. The normalized spacial score (nSPS) is 11.1. The van der Waals surface area contributed by atoms with E-state index < -0.39 is 11.9 Å². The van der Waals surface area contributed by atoms with E-state index in [1.807, 2.05) is 43.3 Å². The summed E-state index contributed by atoms with van der Waals surface area (Å²) < 4.78 is 6.08. The highest BCUT2D eigenvalue weighted by Gasteiger charge is 2.20. The molecule has 186 valence electrons. The standard InChI is InChI=1S/C28H23BrN4O4/c1-14-18(4-3-5-22(14)31-12-15-6-8-17(37-2)11-20(15)28(35)36)21-13-32-26(27(30)34)25-24(21)19-9-7-16(29)10-23(19)33-25/h3-11,13,31,33H,12H2,1-2H3,(H2,30,34)(H,35,36). The van der Waals surface area contributed by atoms with Crippen molar-refractivity contribution >= 4 is 55.3 Å². The number of fused-ring (bicyclic) bond motifs is 3. The lowest BCUT2D eigenvalue weighted by Gasteiger charge is -2.16. The molecular weight excluding hydrogens is 536 g/mol. The molecule has 0 aliphatic carbocycles. The Hall–Kier alpha value is -4.37. The second-order valence-corrected chi connectivity index (χ2v) is 9.53. The molecule has 2 heterocycles. The lowest BCUT2D eigenvalue weighted by atomic mass is 9.95. The van der Waals surface area contributed by atoms with Crippen molar-refractivity contribution in [1.29, 1.82) is 0 Å². The Kier molecular flexibility index (Phi) is 6.31. The van der Waals surface area contributed by atoms with Gasteiger partial charge in [-0.15, -0.1) is 0 Å². The molecule has 37 heavy (non-hydrogen) atoms. The Morgan fingerprint density at radius 3 is 2.68 bits per heavy atom. The minimum Gasteiger partial charge on any atom is -0.497 e. The third kappa shape index (κ3) is 4.38. The summed E-state index contributed by atoms with van der Waals surface area (Å²) in [5, 5.41) is 14.8. The molecule has 0 saturated heterocycles. The number of primary amides is 1. The number of halogens is 1. The molecule has 5 N–H and O–H groups in total. The van der Waals surface area contributed by atoms with Crippen LogP contribution in [0.1, 0.15) is 32.0 Å². The van der Waals surface area contributed by atoms with Gasteiger partial charge in [0.2, 0.25) is 0 Å². The molecule has 5 rings (SSSR count). The van der Waals surface area contributed by atoms with Gasteiger partial charge in [-0.2, -0.15) is 0 Å². The molecule has 2 aromatic heterocycles. The third-order valence-electron chi connectivity index (χ3n) is 6.46. The molecule has 1 amide bonds. The van der Waals surface area contributed by atoms with Gasteiger partial charge in [-0.3, -0.25) is 4.79 Å². The van der Waals surface area contributed by atoms with Gasteiger partial charge in [0, 0.05) is 44.8 Å². The Balaban J connectivity index is 1.60. The number of benzene rings is 3. The summed E-state index contributed by atoms with van der Waals surface area (Å²) in [7, 11) is 1.50. The molecule has 0 atom stereocenters. The molecule has 0 aliphatic heterocycles. The number of carboxylic acids is 1. The van der Waals surface area contributed by atoms with E-state index in [0.717, 1.165) is 43.1 Å². The fraction of sp³-hybridized carbons (Fsp3) is 0.107. The van der Waals surface area contributed by atoms with Crippen LogP contribution in [-0.2, 0) is 6.54 Å². The highest BCUT2D eigenvalue weighted by atomic mass is 79.9. The predicted molar refractivity (Wildman–Crippen MR) is 147 cm³/mol. The Bertz CT molecular complexity index is 1710. The number of rotatable bonds is 7. The smallest absolute Gasteiger partial charge is 0.336 e. The summed E-state index contributed by atoms with van der Waals surface area (Å²) in [5.74, 6) is -1.14. The molecule has 0 radical (unpaired) electrons. The SMILES string of the molecule is COc1ccc(CNc2cccc(-c3cnc(C(N)=O)c4[nH]c5cc(Br)ccc5c34)c2C)c(C(=O)O)c1. The average Bonchev–Trinajstić information content (AvgIpc) is 3.25. The second-order valence-electron chi connectivity index (χ2n) is 8.61. The number of nitrogens with zero attached hydrogens (tertiary/aromatic N) is 1. The van der Waals surface area contributed by atoms with Gasteiger partial charge in [0.25, 0.3) is 5.91 Å². The van der Waals surface area contributed by atoms with Crippen molar-refractivity contribution in [2.24, 2.45) is 5.73 Å². The van der Waals surface area contributed by atoms with E-state index in [0.29, 0.717) is 23.4 Å². The first-order valence-corrected chi connectivity index (χ1v) is 12.2. The average molecular weight is 559 g/mol. The Labute approximate surface area is 220 Å². The van der Waals surface area contributed by atoms with Crippen molar-refractivity contribution in [1.82, 2.24) is 9.97 Å². The summed E-state index contributed by atoms with van der Waals surface area (Å²) in [6, 6.07) is 16.7. The number of nitrogens with one attached hydrogen (secondary N) is 2. The van der Waals surface area contributed by atoms with Gasteiger partial charge in [0.05, 0.1) is 18.2 Å². The van der Waals surface area contributed by atoms with Gasteiger partial charge in [-0.1, -0.05) is 40.2 Å². The molecule has 0 saturated carbocycles. The molecule has 0 bridgehead atoms. The monoisotopic (exact) mass is 558 g/mol. The van der Waals surface area contributed by atoms with Crippen LogP contribution < -0.4 is 15.8 Å². The predicted octanol–water partition coefficient (Wildman–Crippen LogP) is 5.87. The van der Waals surface area contributed by atoms with Gasteiger partial charge in [0.1, 0.15) is 5.75 Å². The van der Waals surface area contributed by atoms with Crippen LogP contribution in [0.2, 0.25) is 0 Å². The third-order valence-corrected chi connectivity index (χ3v) is 6.96. The number of carboxylic acid groups (broad SMARTS) is 1. The number of hydrogen-bond donors (Lipinski definition) is 4. The van der Waals surface area contributed by atoms with Gasteiger partial charge >= 0.3 is 5.97 Å². The first kappa shape index (κ1) is 24.3. The van der Waals surface area contributed by atoms with Crippen LogP contribution in [-0.4, -0.2) is 34.1 Å². The lowest BCUT2D eigenvalue weighted by Crippen LogP contribution is -2.13. The fourth-order valence-electron chi connectivity index (χ4n) is 4.62. The molecule has 0 aliphatic rings. The van der Waals surface area contributed by atoms with Crippen LogP contribution in [0.5, 0.6) is 5.75 Å². The molecule has 5 aromatic rings. The van der Waals surface area contributed by atoms with Crippen LogP contribution >= 0.6 is 15.9 Å². The highest BCUT2D eigenvalue weighted by molar-refractivity contribution is 9.10. The first-order chi connectivity index (χ1) is 17.8.